The Bertz CT molecular complexity index is 444. The summed E-state index contributed by atoms with van der Waals surface area (Å²) in [6.45, 7) is 4.21. The molecule has 1 atom stereocenters. The van der Waals surface area contributed by atoms with Gasteiger partial charge in [-0.1, -0.05) is 30.9 Å². The van der Waals surface area contributed by atoms with Crippen LogP contribution in [0.15, 0.2) is 18.2 Å². The number of hydrogen-bond donors (Lipinski definition) is 1. The van der Waals surface area contributed by atoms with Gasteiger partial charge in [-0.15, -0.1) is 0 Å². The molecule has 0 heterocycles. The molecule has 1 aromatic carbocycles. The third kappa shape index (κ3) is 3.11. The Hall–Kier alpha value is -1.26. The molecule has 0 amide bonds. The van der Waals surface area contributed by atoms with Gasteiger partial charge in [0.2, 0.25) is 0 Å². The Morgan fingerprint density at radius 2 is 2.18 bits per heavy atom. The molecule has 1 heteroatoms. The second-order valence-corrected chi connectivity index (χ2v) is 4.96. The van der Waals surface area contributed by atoms with Crippen LogP contribution in [-0.4, -0.2) is 0 Å². The zero-order valence-electron chi connectivity index (χ0n) is 10.8. The van der Waals surface area contributed by atoms with Crippen LogP contribution in [0.2, 0.25) is 0 Å². The monoisotopic (exact) mass is 227 g/mol. The van der Waals surface area contributed by atoms with E-state index in [4.69, 9.17) is 5.73 Å². The first-order chi connectivity index (χ1) is 8.22. The summed E-state index contributed by atoms with van der Waals surface area (Å²) in [4.78, 5) is 0. The Labute approximate surface area is 104 Å². The van der Waals surface area contributed by atoms with Crippen LogP contribution in [0.5, 0.6) is 0 Å². The number of rotatable bonds is 3. The molecule has 0 aromatic heterocycles. The molecule has 2 rings (SSSR count). The van der Waals surface area contributed by atoms with E-state index >= 15 is 0 Å². The predicted octanol–water partition coefficient (Wildman–Crippen LogP) is 3.42. The average molecular weight is 227 g/mol. The molecule has 1 aliphatic carbocycles. The molecule has 1 aliphatic rings. The molecule has 2 N–H and O–H groups in total. The summed E-state index contributed by atoms with van der Waals surface area (Å²) in [5, 5.41) is 0. The van der Waals surface area contributed by atoms with Crippen LogP contribution < -0.4 is 5.73 Å². The lowest BCUT2D eigenvalue weighted by atomic mass is 9.95. The maximum absolute atomic E-state index is 6.00. The standard InChI is InChI=1S/C16H21N/c1-3-15-14(7-4-6-13-10-11-13)8-5-9-16(15)12(2)17/h5,8-9,12-13H,3,6,10-11,17H2,1-2H3/t12-/m0/s1. The van der Waals surface area contributed by atoms with Gasteiger partial charge in [0, 0.05) is 18.0 Å². The van der Waals surface area contributed by atoms with Gasteiger partial charge in [0.25, 0.3) is 0 Å². The quantitative estimate of drug-likeness (QED) is 0.787. The molecule has 1 nitrogen and oxygen atoms in total. The summed E-state index contributed by atoms with van der Waals surface area (Å²) in [5.41, 5.74) is 9.73. The van der Waals surface area contributed by atoms with Crippen molar-refractivity contribution in [2.75, 3.05) is 0 Å². The minimum Gasteiger partial charge on any atom is -0.324 e. The number of hydrogen-bond acceptors (Lipinski definition) is 1. The van der Waals surface area contributed by atoms with Gasteiger partial charge in [-0.25, -0.2) is 0 Å². The summed E-state index contributed by atoms with van der Waals surface area (Å²) in [6, 6.07) is 6.40. The highest BCUT2D eigenvalue weighted by atomic mass is 14.6. The lowest BCUT2D eigenvalue weighted by Gasteiger charge is -2.13. The first-order valence-corrected chi connectivity index (χ1v) is 6.58. The van der Waals surface area contributed by atoms with Crippen LogP contribution in [-0.2, 0) is 6.42 Å². The van der Waals surface area contributed by atoms with Crippen molar-refractivity contribution in [2.45, 2.75) is 45.6 Å². The lowest BCUT2D eigenvalue weighted by Crippen LogP contribution is -2.09. The second kappa shape index (κ2) is 5.38. The first kappa shape index (κ1) is 12.2. The van der Waals surface area contributed by atoms with Crippen molar-refractivity contribution in [1.29, 1.82) is 0 Å². The minimum atomic E-state index is 0.0927. The maximum atomic E-state index is 6.00. The summed E-state index contributed by atoms with van der Waals surface area (Å²) < 4.78 is 0. The van der Waals surface area contributed by atoms with E-state index in [1.54, 1.807) is 0 Å². The SMILES string of the molecule is CCc1c(C#CCC2CC2)cccc1[C@H](C)N. The van der Waals surface area contributed by atoms with E-state index in [0.29, 0.717) is 0 Å². The van der Waals surface area contributed by atoms with Crippen LogP contribution >= 0.6 is 0 Å². The lowest BCUT2D eigenvalue weighted by molar-refractivity contribution is 0.800. The molecular weight excluding hydrogens is 206 g/mol. The minimum absolute atomic E-state index is 0.0927. The summed E-state index contributed by atoms with van der Waals surface area (Å²) in [6.07, 6.45) is 4.81. The molecule has 0 saturated heterocycles. The summed E-state index contributed by atoms with van der Waals surface area (Å²) in [5.74, 6) is 7.52. The van der Waals surface area contributed by atoms with Crippen LogP contribution in [0.4, 0.5) is 0 Å². The third-order valence-corrected chi connectivity index (χ3v) is 3.37. The van der Waals surface area contributed by atoms with Crippen LogP contribution in [0.1, 0.15) is 55.8 Å². The zero-order valence-corrected chi connectivity index (χ0v) is 10.8. The van der Waals surface area contributed by atoms with Gasteiger partial charge < -0.3 is 5.73 Å². The first-order valence-electron chi connectivity index (χ1n) is 6.58. The van der Waals surface area contributed by atoms with Crippen LogP contribution in [0, 0.1) is 17.8 Å². The molecule has 0 unspecified atom stereocenters. The van der Waals surface area contributed by atoms with Crippen molar-refractivity contribution in [3.8, 4) is 11.8 Å². The molecule has 1 fully saturated rings. The fourth-order valence-electron chi connectivity index (χ4n) is 2.16. The van der Waals surface area contributed by atoms with Crippen molar-refractivity contribution in [2.24, 2.45) is 11.7 Å². The van der Waals surface area contributed by atoms with Gasteiger partial charge in [-0.2, -0.15) is 0 Å². The maximum Gasteiger partial charge on any atom is 0.0280 e. The molecule has 1 saturated carbocycles. The fraction of sp³-hybridized carbons (Fsp3) is 0.500. The normalized spacial score (nSPS) is 16.2. The molecule has 1 aromatic rings. The molecule has 0 radical (unpaired) electrons. The predicted molar refractivity (Wildman–Crippen MR) is 72.6 cm³/mol. The average Bonchev–Trinajstić information content (AvgIpc) is 3.12. The highest BCUT2D eigenvalue weighted by Gasteiger charge is 2.19. The van der Waals surface area contributed by atoms with Gasteiger partial charge in [0.1, 0.15) is 0 Å². The van der Waals surface area contributed by atoms with Gasteiger partial charge >= 0.3 is 0 Å². The topological polar surface area (TPSA) is 26.0 Å². The van der Waals surface area contributed by atoms with E-state index in [9.17, 15) is 0 Å². The van der Waals surface area contributed by atoms with E-state index in [1.807, 2.05) is 6.92 Å². The summed E-state index contributed by atoms with van der Waals surface area (Å²) >= 11 is 0. The van der Waals surface area contributed by atoms with Crippen molar-refractivity contribution < 1.29 is 0 Å². The van der Waals surface area contributed by atoms with Crippen LogP contribution in [0.3, 0.4) is 0 Å². The van der Waals surface area contributed by atoms with Crippen molar-refractivity contribution in [3.63, 3.8) is 0 Å². The van der Waals surface area contributed by atoms with Gasteiger partial charge in [-0.05, 0) is 49.3 Å². The number of nitrogens with two attached hydrogens (primary N) is 1. The Kier molecular flexibility index (Phi) is 3.86. The van der Waals surface area contributed by atoms with Crippen molar-refractivity contribution >= 4 is 0 Å². The van der Waals surface area contributed by atoms with Gasteiger partial charge in [-0.3, -0.25) is 0 Å². The number of benzene rings is 1. The van der Waals surface area contributed by atoms with E-state index in [1.165, 1.54) is 29.5 Å². The molecule has 90 valence electrons. The fourth-order valence-corrected chi connectivity index (χ4v) is 2.16. The van der Waals surface area contributed by atoms with Gasteiger partial charge in [0.05, 0.1) is 0 Å². The van der Waals surface area contributed by atoms with Crippen molar-refractivity contribution in [1.82, 2.24) is 0 Å². The Morgan fingerprint density at radius 1 is 1.41 bits per heavy atom. The van der Waals surface area contributed by atoms with E-state index < -0.39 is 0 Å². The highest BCUT2D eigenvalue weighted by molar-refractivity contribution is 5.46. The van der Waals surface area contributed by atoms with Gasteiger partial charge in [0.15, 0.2) is 0 Å². The molecular formula is C16H21N. The van der Waals surface area contributed by atoms with Crippen molar-refractivity contribution in [3.05, 3.63) is 34.9 Å². The molecule has 0 spiro atoms. The smallest absolute Gasteiger partial charge is 0.0280 e. The van der Waals surface area contributed by atoms with E-state index in [-0.39, 0.29) is 6.04 Å². The Morgan fingerprint density at radius 3 is 2.76 bits per heavy atom. The highest BCUT2D eigenvalue weighted by Crippen LogP contribution is 2.31. The zero-order chi connectivity index (χ0) is 12.3. The third-order valence-electron chi connectivity index (χ3n) is 3.37. The molecule has 0 bridgehead atoms. The molecule has 17 heavy (non-hydrogen) atoms. The van der Waals surface area contributed by atoms with Crippen LogP contribution in [0.25, 0.3) is 0 Å². The molecule has 0 aliphatic heterocycles. The Balaban J connectivity index is 2.24. The summed E-state index contributed by atoms with van der Waals surface area (Å²) in [7, 11) is 0. The second-order valence-electron chi connectivity index (χ2n) is 4.96. The largest absolute Gasteiger partial charge is 0.324 e. The van der Waals surface area contributed by atoms with E-state index in [2.05, 4.69) is 37.0 Å². The van der Waals surface area contributed by atoms with E-state index in [0.717, 1.165) is 18.8 Å².